The average Bonchev–Trinajstić information content (AvgIpc) is 3.16. The van der Waals surface area contributed by atoms with Crippen LogP contribution in [0.2, 0.25) is 0 Å². The summed E-state index contributed by atoms with van der Waals surface area (Å²) in [5, 5.41) is 0. The van der Waals surface area contributed by atoms with Crippen molar-refractivity contribution in [1.82, 2.24) is 19.4 Å². The van der Waals surface area contributed by atoms with Gasteiger partial charge in [0, 0.05) is 39.3 Å². The zero-order valence-electron chi connectivity index (χ0n) is 18.3. The number of H-pyrrole nitrogens is 1. The van der Waals surface area contributed by atoms with Gasteiger partial charge in [-0.05, 0) is 47.5 Å². The van der Waals surface area contributed by atoms with Crippen LogP contribution in [-0.2, 0) is 6.54 Å². The Morgan fingerprint density at radius 3 is 1.94 bits per heavy atom. The molecule has 1 saturated heterocycles. The van der Waals surface area contributed by atoms with E-state index in [0.717, 1.165) is 54.9 Å². The van der Waals surface area contributed by atoms with Gasteiger partial charge < -0.3 is 4.98 Å². The molecule has 0 saturated carbocycles. The van der Waals surface area contributed by atoms with Gasteiger partial charge in [0.25, 0.3) is 0 Å². The molecule has 7 heteroatoms. The van der Waals surface area contributed by atoms with Crippen molar-refractivity contribution in [2.75, 3.05) is 32.7 Å². The lowest BCUT2D eigenvalue weighted by molar-refractivity contribution is 0.107. The SMILES string of the molecule is O=c1[nH]c2ccccc2n1CCN1CCN(C(c2ccc(F)cc2)c2ccc(F)cc2)CC1. The molecule has 0 bridgehead atoms. The molecule has 0 amide bonds. The van der Waals surface area contributed by atoms with Gasteiger partial charge >= 0.3 is 5.69 Å². The predicted octanol–water partition coefficient (Wildman–Crippen LogP) is 4.02. The van der Waals surface area contributed by atoms with Gasteiger partial charge in [0.05, 0.1) is 17.1 Å². The average molecular weight is 449 g/mol. The maximum absolute atomic E-state index is 13.5. The topological polar surface area (TPSA) is 44.3 Å². The second-order valence-electron chi connectivity index (χ2n) is 8.48. The number of benzene rings is 3. The van der Waals surface area contributed by atoms with Crippen molar-refractivity contribution in [2.24, 2.45) is 0 Å². The van der Waals surface area contributed by atoms with E-state index < -0.39 is 0 Å². The second kappa shape index (κ2) is 9.29. The van der Waals surface area contributed by atoms with E-state index in [1.54, 1.807) is 28.8 Å². The molecule has 5 nitrogen and oxygen atoms in total. The minimum atomic E-state index is -0.269. The number of hydrogen-bond acceptors (Lipinski definition) is 3. The van der Waals surface area contributed by atoms with Gasteiger partial charge in [-0.2, -0.15) is 0 Å². The lowest BCUT2D eigenvalue weighted by atomic mass is 9.96. The number of imidazole rings is 1. The third-order valence-corrected chi connectivity index (χ3v) is 6.46. The number of rotatable bonds is 6. The first kappa shape index (κ1) is 21.6. The number of aromatic nitrogens is 2. The quantitative estimate of drug-likeness (QED) is 0.485. The van der Waals surface area contributed by atoms with Crippen LogP contribution in [0.25, 0.3) is 11.0 Å². The Bertz CT molecular complexity index is 1230. The van der Waals surface area contributed by atoms with Crippen LogP contribution in [0.1, 0.15) is 17.2 Å². The Morgan fingerprint density at radius 2 is 1.33 bits per heavy atom. The maximum atomic E-state index is 13.5. The minimum Gasteiger partial charge on any atom is -0.306 e. The van der Waals surface area contributed by atoms with Crippen molar-refractivity contribution >= 4 is 11.0 Å². The fourth-order valence-corrected chi connectivity index (χ4v) is 4.72. The first-order chi connectivity index (χ1) is 16.1. The van der Waals surface area contributed by atoms with Crippen LogP contribution in [-0.4, -0.2) is 52.1 Å². The third kappa shape index (κ3) is 4.60. The Morgan fingerprint density at radius 1 is 0.758 bits per heavy atom. The van der Waals surface area contributed by atoms with E-state index in [4.69, 9.17) is 0 Å². The number of nitrogens with one attached hydrogen (secondary N) is 1. The standard InChI is InChI=1S/C26H26F2N4O/c27-21-9-5-19(6-10-21)25(20-7-11-22(28)12-8-20)31-16-13-30(14-17-31)15-18-32-24-4-2-1-3-23(24)29-26(32)33/h1-12,25H,13-18H2,(H,29,33). The highest BCUT2D eigenvalue weighted by atomic mass is 19.1. The Kier molecular flexibility index (Phi) is 6.07. The predicted molar refractivity (Wildman–Crippen MR) is 125 cm³/mol. The monoisotopic (exact) mass is 448 g/mol. The van der Waals surface area contributed by atoms with Crippen LogP contribution in [0.4, 0.5) is 8.78 Å². The van der Waals surface area contributed by atoms with E-state index in [-0.39, 0.29) is 23.4 Å². The molecule has 33 heavy (non-hydrogen) atoms. The number of piperazine rings is 1. The molecule has 0 atom stereocenters. The summed E-state index contributed by atoms with van der Waals surface area (Å²) in [6.07, 6.45) is 0. The molecule has 3 aromatic carbocycles. The molecule has 5 rings (SSSR count). The lowest BCUT2D eigenvalue weighted by Gasteiger charge is -2.39. The molecule has 1 fully saturated rings. The molecule has 0 aliphatic carbocycles. The summed E-state index contributed by atoms with van der Waals surface area (Å²) in [7, 11) is 0. The Balaban J connectivity index is 1.28. The summed E-state index contributed by atoms with van der Waals surface area (Å²) in [4.78, 5) is 20.0. The molecule has 1 N–H and O–H groups in total. The zero-order valence-corrected chi connectivity index (χ0v) is 18.3. The first-order valence-electron chi connectivity index (χ1n) is 11.2. The number of fused-ring (bicyclic) bond motifs is 1. The summed E-state index contributed by atoms with van der Waals surface area (Å²) in [5.41, 5.74) is 3.67. The molecule has 0 spiro atoms. The van der Waals surface area contributed by atoms with Crippen LogP contribution in [0.15, 0.2) is 77.6 Å². The number of hydrogen-bond donors (Lipinski definition) is 1. The first-order valence-corrected chi connectivity index (χ1v) is 11.2. The molecule has 2 heterocycles. The van der Waals surface area contributed by atoms with Crippen molar-refractivity contribution in [3.8, 4) is 0 Å². The van der Waals surface area contributed by atoms with Gasteiger partial charge in [0.15, 0.2) is 0 Å². The zero-order chi connectivity index (χ0) is 22.8. The highest BCUT2D eigenvalue weighted by molar-refractivity contribution is 5.74. The van der Waals surface area contributed by atoms with Crippen molar-refractivity contribution < 1.29 is 8.78 Å². The highest BCUT2D eigenvalue weighted by Crippen LogP contribution is 2.30. The van der Waals surface area contributed by atoms with E-state index in [2.05, 4.69) is 14.8 Å². The fourth-order valence-electron chi connectivity index (χ4n) is 4.72. The van der Waals surface area contributed by atoms with Gasteiger partial charge in [-0.3, -0.25) is 14.4 Å². The molecule has 0 unspecified atom stereocenters. The summed E-state index contributed by atoms with van der Waals surface area (Å²) >= 11 is 0. The Hall–Kier alpha value is -3.29. The van der Waals surface area contributed by atoms with Gasteiger partial charge in [0.1, 0.15) is 11.6 Å². The van der Waals surface area contributed by atoms with Gasteiger partial charge in [-0.15, -0.1) is 0 Å². The molecule has 170 valence electrons. The summed E-state index contributed by atoms with van der Waals surface area (Å²) in [5.74, 6) is -0.539. The summed E-state index contributed by atoms with van der Waals surface area (Å²) in [6, 6.07) is 20.8. The van der Waals surface area contributed by atoms with Crippen molar-refractivity contribution in [2.45, 2.75) is 12.6 Å². The number of halogens is 2. The van der Waals surface area contributed by atoms with Gasteiger partial charge in [-0.1, -0.05) is 36.4 Å². The molecule has 1 aromatic heterocycles. The molecular formula is C26H26F2N4O. The van der Waals surface area contributed by atoms with E-state index in [1.807, 2.05) is 24.3 Å². The smallest absolute Gasteiger partial charge is 0.306 e. The van der Waals surface area contributed by atoms with Crippen molar-refractivity contribution in [3.63, 3.8) is 0 Å². The van der Waals surface area contributed by atoms with Crippen LogP contribution < -0.4 is 5.69 Å². The normalized spacial score (nSPS) is 15.5. The van der Waals surface area contributed by atoms with Gasteiger partial charge in [0.2, 0.25) is 0 Å². The summed E-state index contributed by atoms with van der Waals surface area (Å²) < 4.78 is 28.9. The van der Waals surface area contributed by atoms with Crippen LogP contribution in [0, 0.1) is 11.6 Å². The van der Waals surface area contributed by atoms with E-state index >= 15 is 0 Å². The minimum absolute atomic E-state index is 0.0652. The van der Waals surface area contributed by atoms with Crippen LogP contribution in [0.3, 0.4) is 0 Å². The molecule has 0 radical (unpaired) electrons. The van der Waals surface area contributed by atoms with Gasteiger partial charge in [-0.25, -0.2) is 13.6 Å². The third-order valence-electron chi connectivity index (χ3n) is 6.46. The maximum Gasteiger partial charge on any atom is 0.326 e. The Labute approximate surface area is 190 Å². The van der Waals surface area contributed by atoms with Crippen LogP contribution >= 0.6 is 0 Å². The second-order valence-corrected chi connectivity index (χ2v) is 8.48. The molecule has 1 aliphatic heterocycles. The van der Waals surface area contributed by atoms with Crippen molar-refractivity contribution in [3.05, 3.63) is 106 Å². The molecule has 4 aromatic rings. The fraction of sp³-hybridized carbons (Fsp3) is 0.269. The van der Waals surface area contributed by atoms with Crippen molar-refractivity contribution in [1.29, 1.82) is 0 Å². The number of para-hydroxylation sites is 2. The van der Waals surface area contributed by atoms with Crippen LogP contribution in [0.5, 0.6) is 0 Å². The highest BCUT2D eigenvalue weighted by Gasteiger charge is 2.26. The van der Waals surface area contributed by atoms with E-state index in [0.29, 0.717) is 6.54 Å². The van der Waals surface area contributed by atoms with E-state index in [1.165, 1.54) is 24.3 Å². The molecule has 1 aliphatic rings. The number of nitrogens with zero attached hydrogens (tertiary/aromatic N) is 3. The summed E-state index contributed by atoms with van der Waals surface area (Å²) in [6.45, 7) is 4.77. The largest absolute Gasteiger partial charge is 0.326 e. The lowest BCUT2D eigenvalue weighted by Crippen LogP contribution is -2.48. The van der Waals surface area contributed by atoms with E-state index in [9.17, 15) is 13.6 Å². The molecular weight excluding hydrogens is 422 g/mol. The number of aromatic amines is 1.